The van der Waals surface area contributed by atoms with Gasteiger partial charge in [0, 0.05) is 40.7 Å². The van der Waals surface area contributed by atoms with Crippen LogP contribution in [0.15, 0.2) is 47.2 Å². The van der Waals surface area contributed by atoms with Gasteiger partial charge in [0.2, 0.25) is 0 Å². The molecule has 1 N–H and O–H groups in total. The molecule has 3 aromatic rings. The smallest absolute Gasteiger partial charge is 0.259 e. The minimum Gasteiger partial charge on any atom is -0.361 e. The lowest BCUT2D eigenvalue weighted by molar-refractivity contribution is -0.678. The van der Waals surface area contributed by atoms with Crippen molar-refractivity contribution in [1.82, 2.24) is 9.88 Å². The number of nitrogens with zero attached hydrogens (tertiary/aromatic N) is 2. The summed E-state index contributed by atoms with van der Waals surface area (Å²) in [6, 6.07) is 10.1. The Labute approximate surface area is 156 Å². The fourth-order valence-corrected chi connectivity index (χ4v) is 3.80. The molecule has 0 saturated carbocycles. The van der Waals surface area contributed by atoms with E-state index in [1.54, 1.807) is 0 Å². The van der Waals surface area contributed by atoms with Crippen molar-refractivity contribution in [3.05, 3.63) is 64.0 Å². The molecule has 1 aromatic carbocycles. The number of halogens is 1. The van der Waals surface area contributed by atoms with E-state index in [0.29, 0.717) is 0 Å². The molecule has 3 rings (SSSR count). The Morgan fingerprint density at radius 3 is 2.64 bits per heavy atom. The third-order valence-electron chi connectivity index (χ3n) is 4.65. The van der Waals surface area contributed by atoms with Crippen LogP contribution in [0.3, 0.4) is 0 Å². The number of hydrogen-bond donors (Lipinski definition) is 1. The van der Waals surface area contributed by atoms with E-state index in [4.69, 9.17) is 0 Å². The minimum absolute atomic E-state index is 0.0852. The zero-order valence-electron chi connectivity index (χ0n) is 14.8. The fraction of sp³-hybridized carbons (Fsp3) is 0.300. The normalized spacial score (nSPS) is 11.0. The first-order valence-electron chi connectivity index (χ1n) is 8.57. The lowest BCUT2D eigenvalue weighted by Gasteiger charge is -2.17. The van der Waals surface area contributed by atoms with E-state index in [9.17, 15) is 4.79 Å². The second kappa shape index (κ2) is 7.40. The van der Waals surface area contributed by atoms with Crippen molar-refractivity contribution >= 4 is 32.7 Å². The molecular weight excluding hydrogens is 378 g/mol. The summed E-state index contributed by atoms with van der Waals surface area (Å²) in [4.78, 5) is 17.7. The summed E-state index contributed by atoms with van der Waals surface area (Å²) in [6.07, 6.45) is 4.79. The highest BCUT2D eigenvalue weighted by Gasteiger charge is 2.18. The zero-order chi connectivity index (χ0) is 18.0. The maximum absolute atomic E-state index is 12.5. The molecule has 25 heavy (non-hydrogen) atoms. The number of benzene rings is 1. The number of rotatable bonds is 5. The van der Waals surface area contributed by atoms with Crippen molar-refractivity contribution in [3.63, 3.8) is 0 Å². The summed E-state index contributed by atoms with van der Waals surface area (Å²) < 4.78 is 3.14. The van der Waals surface area contributed by atoms with Gasteiger partial charge in [-0.15, -0.1) is 0 Å². The van der Waals surface area contributed by atoms with Gasteiger partial charge in [-0.1, -0.05) is 22.0 Å². The third-order valence-corrected chi connectivity index (χ3v) is 5.31. The largest absolute Gasteiger partial charge is 0.361 e. The van der Waals surface area contributed by atoms with E-state index in [2.05, 4.69) is 39.2 Å². The highest BCUT2D eigenvalue weighted by Crippen LogP contribution is 2.28. The molecule has 2 aromatic heterocycles. The van der Waals surface area contributed by atoms with Crippen molar-refractivity contribution in [3.8, 4) is 0 Å². The van der Waals surface area contributed by atoms with Gasteiger partial charge in [0.1, 0.15) is 12.6 Å². The number of pyridine rings is 1. The molecular formula is C20H23BrN3O+. The summed E-state index contributed by atoms with van der Waals surface area (Å²) in [5.41, 5.74) is 4.25. The molecule has 0 atom stereocenters. The lowest BCUT2D eigenvalue weighted by Crippen LogP contribution is -2.37. The molecule has 0 aliphatic rings. The van der Waals surface area contributed by atoms with E-state index >= 15 is 0 Å². The lowest BCUT2D eigenvalue weighted by atomic mass is 10.1. The number of aryl methyl sites for hydroxylation is 1. The van der Waals surface area contributed by atoms with Crippen LogP contribution in [0.1, 0.15) is 35.5 Å². The Hall–Kier alpha value is -2.14. The molecule has 0 saturated heterocycles. The van der Waals surface area contributed by atoms with E-state index < -0.39 is 0 Å². The Morgan fingerprint density at radius 2 is 1.96 bits per heavy atom. The maximum atomic E-state index is 12.5. The second-order valence-corrected chi connectivity index (χ2v) is 7.00. The van der Waals surface area contributed by atoms with E-state index in [0.717, 1.165) is 40.8 Å². The van der Waals surface area contributed by atoms with Crippen molar-refractivity contribution in [2.75, 3.05) is 13.1 Å². The molecule has 1 amide bonds. The standard InChI is InChI=1S/C20H23BrN3O/c1-4-24(5-2)20(25)14-9-10-16(23(3)13-14)11-15-12-22-18-8-6-7-17(21)19(15)18/h6-10,12-13,22H,4-5,11H2,1-3H3/q+1. The first kappa shape index (κ1) is 17.7. The molecule has 5 heteroatoms. The van der Waals surface area contributed by atoms with Crippen molar-refractivity contribution in [2.24, 2.45) is 7.05 Å². The van der Waals surface area contributed by atoms with Crippen LogP contribution in [0, 0.1) is 0 Å². The van der Waals surface area contributed by atoms with Crippen LogP contribution in [-0.4, -0.2) is 28.9 Å². The van der Waals surface area contributed by atoms with Crippen molar-refractivity contribution < 1.29 is 9.36 Å². The van der Waals surface area contributed by atoms with Crippen LogP contribution in [0.2, 0.25) is 0 Å². The number of carbonyl (C=O) groups is 1. The van der Waals surface area contributed by atoms with E-state index in [1.807, 2.05) is 54.8 Å². The Morgan fingerprint density at radius 1 is 1.20 bits per heavy atom. The van der Waals surface area contributed by atoms with Gasteiger partial charge >= 0.3 is 0 Å². The van der Waals surface area contributed by atoms with Crippen LogP contribution >= 0.6 is 15.9 Å². The number of hydrogen-bond acceptors (Lipinski definition) is 1. The van der Waals surface area contributed by atoms with Gasteiger partial charge in [-0.05, 0) is 37.6 Å². The maximum Gasteiger partial charge on any atom is 0.259 e. The minimum atomic E-state index is 0.0852. The topological polar surface area (TPSA) is 40.0 Å². The molecule has 0 spiro atoms. The van der Waals surface area contributed by atoms with Crippen molar-refractivity contribution in [1.29, 1.82) is 0 Å². The van der Waals surface area contributed by atoms with Crippen LogP contribution in [0.25, 0.3) is 10.9 Å². The third kappa shape index (κ3) is 3.47. The summed E-state index contributed by atoms with van der Waals surface area (Å²) in [6.45, 7) is 5.46. The number of fused-ring (bicyclic) bond motifs is 1. The summed E-state index contributed by atoms with van der Waals surface area (Å²) in [7, 11) is 2.00. The Balaban J connectivity index is 1.90. The fourth-order valence-electron chi connectivity index (χ4n) is 3.18. The van der Waals surface area contributed by atoms with E-state index in [-0.39, 0.29) is 5.91 Å². The van der Waals surface area contributed by atoms with Gasteiger partial charge in [0.15, 0.2) is 11.9 Å². The van der Waals surface area contributed by atoms with Crippen LogP contribution in [0.4, 0.5) is 0 Å². The second-order valence-electron chi connectivity index (χ2n) is 6.15. The number of H-pyrrole nitrogens is 1. The summed E-state index contributed by atoms with van der Waals surface area (Å²) >= 11 is 3.64. The zero-order valence-corrected chi connectivity index (χ0v) is 16.4. The number of amides is 1. The Bertz CT molecular complexity index is 912. The molecule has 2 heterocycles. The molecule has 130 valence electrons. The first-order valence-corrected chi connectivity index (χ1v) is 9.36. The monoisotopic (exact) mass is 400 g/mol. The van der Waals surface area contributed by atoms with Gasteiger partial charge in [-0.3, -0.25) is 4.79 Å². The highest BCUT2D eigenvalue weighted by molar-refractivity contribution is 9.10. The molecule has 4 nitrogen and oxygen atoms in total. The molecule has 0 bridgehead atoms. The van der Waals surface area contributed by atoms with Gasteiger partial charge in [-0.2, -0.15) is 0 Å². The number of aromatic nitrogens is 2. The Kier molecular flexibility index (Phi) is 5.23. The average molecular weight is 401 g/mol. The quantitative estimate of drug-likeness (QED) is 0.649. The summed E-state index contributed by atoms with van der Waals surface area (Å²) in [5, 5.41) is 1.21. The first-order chi connectivity index (χ1) is 12.0. The van der Waals surface area contributed by atoms with Crippen LogP contribution in [0.5, 0.6) is 0 Å². The molecule has 0 aliphatic heterocycles. The van der Waals surface area contributed by atoms with Crippen LogP contribution in [-0.2, 0) is 13.5 Å². The number of aromatic amines is 1. The number of carbonyl (C=O) groups excluding carboxylic acids is 1. The predicted octanol–water partition coefficient (Wildman–Crippen LogP) is 3.83. The molecule has 0 unspecified atom stereocenters. The molecule has 0 aliphatic carbocycles. The molecule has 0 radical (unpaired) electrons. The van der Waals surface area contributed by atoms with Gasteiger partial charge < -0.3 is 9.88 Å². The highest BCUT2D eigenvalue weighted by atomic mass is 79.9. The van der Waals surface area contributed by atoms with Gasteiger partial charge in [0.05, 0.1) is 6.42 Å². The molecule has 0 fully saturated rings. The average Bonchev–Trinajstić information content (AvgIpc) is 3.02. The van der Waals surface area contributed by atoms with Crippen molar-refractivity contribution in [2.45, 2.75) is 20.3 Å². The van der Waals surface area contributed by atoms with Gasteiger partial charge in [-0.25, -0.2) is 4.57 Å². The van der Waals surface area contributed by atoms with Gasteiger partial charge in [0.25, 0.3) is 5.91 Å². The summed E-state index contributed by atoms with van der Waals surface area (Å²) in [5.74, 6) is 0.0852. The number of nitrogens with one attached hydrogen (secondary N) is 1. The SMILES string of the molecule is CCN(CC)C(=O)c1ccc(Cc2c[nH]c3cccc(Br)c23)[n+](C)c1. The van der Waals surface area contributed by atoms with E-state index in [1.165, 1.54) is 10.9 Å². The van der Waals surface area contributed by atoms with Crippen LogP contribution < -0.4 is 4.57 Å². The predicted molar refractivity (Wildman–Crippen MR) is 104 cm³/mol.